The Labute approximate surface area is 125 Å². The molecule has 21 heavy (non-hydrogen) atoms. The lowest BCUT2D eigenvalue weighted by Gasteiger charge is -2.36. The molecular formula is C15H22N4O2. The number of amides is 3. The van der Waals surface area contributed by atoms with Gasteiger partial charge in [0.25, 0.3) is 0 Å². The number of pyridine rings is 1. The molecule has 2 heterocycles. The van der Waals surface area contributed by atoms with Gasteiger partial charge < -0.3 is 14.7 Å². The van der Waals surface area contributed by atoms with Crippen LogP contribution in [0.25, 0.3) is 0 Å². The van der Waals surface area contributed by atoms with Gasteiger partial charge in [-0.2, -0.15) is 0 Å². The van der Waals surface area contributed by atoms with E-state index in [1.54, 1.807) is 36.3 Å². The van der Waals surface area contributed by atoms with Crippen LogP contribution in [0.5, 0.6) is 0 Å². The molecule has 3 amide bonds. The maximum atomic E-state index is 12.2. The Morgan fingerprint density at radius 1 is 1.10 bits per heavy atom. The van der Waals surface area contributed by atoms with Gasteiger partial charge in [0, 0.05) is 59.1 Å². The predicted octanol–water partition coefficient (Wildman–Crippen LogP) is 0.840. The topological polar surface area (TPSA) is 56.8 Å². The highest BCUT2D eigenvalue weighted by atomic mass is 16.2. The Bertz CT molecular complexity index is 482. The number of nitrogens with zero attached hydrogens (tertiary/aromatic N) is 4. The highest BCUT2D eigenvalue weighted by molar-refractivity contribution is 5.77. The van der Waals surface area contributed by atoms with Crippen LogP contribution < -0.4 is 0 Å². The minimum Gasteiger partial charge on any atom is -0.339 e. The van der Waals surface area contributed by atoms with Crippen molar-refractivity contribution in [1.82, 2.24) is 19.7 Å². The maximum Gasteiger partial charge on any atom is 0.319 e. The molecule has 1 saturated heterocycles. The van der Waals surface area contributed by atoms with Crippen molar-refractivity contribution in [3.05, 3.63) is 30.1 Å². The van der Waals surface area contributed by atoms with Gasteiger partial charge in [-0.1, -0.05) is 0 Å². The summed E-state index contributed by atoms with van der Waals surface area (Å²) >= 11 is 0. The van der Waals surface area contributed by atoms with Gasteiger partial charge in [0.2, 0.25) is 5.91 Å². The van der Waals surface area contributed by atoms with E-state index in [4.69, 9.17) is 0 Å². The van der Waals surface area contributed by atoms with Crippen LogP contribution in [-0.4, -0.2) is 71.9 Å². The summed E-state index contributed by atoms with van der Waals surface area (Å²) in [5.74, 6) is 0.156. The molecule has 1 aromatic heterocycles. The minimum atomic E-state index is 0.0129. The van der Waals surface area contributed by atoms with Crippen molar-refractivity contribution in [2.75, 3.05) is 40.3 Å². The third kappa shape index (κ3) is 4.18. The number of urea groups is 1. The van der Waals surface area contributed by atoms with Crippen molar-refractivity contribution in [1.29, 1.82) is 0 Å². The first-order valence-electron chi connectivity index (χ1n) is 7.21. The van der Waals surface area contributed by atoms with E-state index in [-0.39, 0.29) is 11.9 Å². The Morgan fingerprint density at radius 3 is 2.24 bits per heavy atom. The van der Waals surface area contributed by atoms with Crippen LogP contribution in [0.15, 0.2) is 24.5 Å². The monoisotopic (exact) mass is 290 g/mol. The van der Waals surface area contributed by atoms with Gasteiger partial charge in [-0.3, -0.25) is 9.78 Å². The lowest BCUT2D eigenvalue weighted by Crippen LogP contribution is -2.52. The van der Waals surface area contributed by atoms with Crippen LogP contribution in [0.1, 0.15) is 12.0 Å². The second-order valence-electron chi connectivity index (χ2n) is 5.40. The lowest BCUT2D eigenvalue weighted by atomic mass is 10.1. The third-order valence-corrected chi connectivity index (χ3v) is 3.66. The van der Waals surface area contributed by atoms with Crippen LogP contribution in [0.4, 0.5) is 4.79 Å². The van der Waals surface area contributed by atoms with Crippen molar-refractivity contribution in [2.45, 2.75) is 12.8 Å². The normalized spacial score (nSPS) is 15.0. The van der Waals surface area contributed by atoms with Gasteiger partial charge in [-0.25, -0.2) is 4.79 Å². The second kappa shape index (κ2) is 7.06. The number of carbonyl (C=O) groups excluding carboxylic acids is 2. The van der Waals surface area contributed by atoms with Crippen molar-refractivity contribution < 1.29 is 9.59 Å². The summed E-state index contributed by atoms with van der Waals surface area (Å²) in [6.45, 7) is 2.46. The minimum absolute atomic E-state index is 0.0129. The third-order valence-electron chi connectivity index (χ3n) is 3.66. The standard InChI is InChI=1S/C15H22N4O2/c1-17(2)15(21)19-11-9-18(10-12-19)14(20)4-3-13-5-7-16-8-6-13/h5-8H,3-4,9-12H2,1-2H3. The molecule has 2 rings (SSSR count). The molecule has 0 aliphatic carbocycles. The number of carbonyl (C=O) groups is 2. The second-order valence-corrected chi connectivity index (χ2v) is 5.40. The fourth-order valence-electron chi connectivity index (χ4n) is 2.39. The van der Waals surface area contributed by atoms with Crippen LogP contribution in [0.2, 0.25) is 0 Å². The van der Waals surface area contributed by atoms with E-state index in [0.717, 1.165) is 12.0 Å². The number of piperazine rings is 1. The SMILES string of the molecule is CN(C)C(=O)N1CCN(C(=O)CCc2ccncc2)CC1. The van der Waals surface area contributed by atoms with Crippen molar-refractivity contribution >= 4 is 11.9 Å². The first-order valence-corrected chi connectivity index (χ1v) is 7.21. The predicted molar refractivity (Wildman–Crippen MR) is 79.8 cm³/mol. The van der Waals surface area contributed by atoms with E-state index in [1.807, 2.05) is 17.0 Å². The maximum absolute atomic E-state index is 12.2. The summed E-state index contributed by atoms with van der Waals surface area (Å²) in [5, 5.41) is 0. The molecule has 1 aromatic rings. The molecular weight excluding hydrogens is 268 g/mol. The van der Waals surface area contributed by atoms with Crippen molar-refractivity contribution in [3.8, 4) is 0 Å². The zero-order valence-corrected chi connectivity index (χ0v) is 12.7. The van der Waals surface area contributed by atoms with Gasteiger partial charge in [0.1, 0.15) is 0 Å². The summed E-state index contributed by atoms with van der Waals surface area (Å²) in [6, 6.07) is 3.88. The first-order chi connectivity index (χ1) is 10.1. The molecule has 0 unspecified atom stereocenters. The fraction of sp³-hybridized carbons (Fsp3) is 0.533. The van der Waals surface area contributed by atoms with E-state index >= 15 is 0 Å². The Kier molecular flexibility index (Phi) is 5.14. The summed E-state index contributed by atoms with van der Waals surface area (Å²) in [4.78, 5) is 33.2. The van der Waals surface area contributed by atoms with Gasteiger partial charge in [-0.15, -0.1) is 0 Å². The molecule has 1 aliphatic rings. The molecule has 0 radical (unpaired) electrons. The van der Waals surface area contributed by atoms with Crippen LogP contribution in [0.3, 0.4) is 0 Å². The molecule has 6 heteroatoms. The number of aromatic nitrogens is 1. The van der Waals surface area contributed by atoms with Crippen molar-refractivity contribution in [2.24, 2.45) is 0 Å². The van der Waals surface area contributed by atoms with Crippen LogP contribution in [-0.2, 0) is 11.2 Å². The lowest BCUT2D eigenvalue weighted by molar-refractivity contribution is -0.132. The zero-order valence-electron chi connectivity index (χ0n) is 12.7. The molecule has 0 bridgehead atoms. The number of hydrogen-bond acceptors (Lipinski definition) is 3. The van der Waals surface area contributed by atoms with E-state index in [0.29, 0.717) is 32.6 Å². The summed E-state index contributed by atoms with van der Waals surface area (Å²) in [5.41, 5.74) is 1.12. The molecule has 0 aromatic carbocycles. The average Bonchev–Trinajstić information content (AvgIpc) is 2.53. The molecule has 6 nitrogen and oxygen atoms in total. The zero-order chi connectivity index (χ0) is 15.2. The Hall–Kier alpha value is -2.11. The van der Waals surface area contributed by atoms with E-state index in [9.17, 15) is 9.59 Å². The number of rotatable bonds is 3. The molecule has 0 saturated carbocycles. The largest absolute Gasteiger partial charge is 0.339 e. The van der Waals surface area contributed by atoms with Crippen molar-refractivity contribution in [3.63, 3.8) is 0 Å². The summed E-state index contributed by atoms with van der Waals surface area (Å²) < 4.78 is 0. The van der Waals surface area contributed by atoms with Crippen LogP contribution >= 0.6 is 0 Å². The van der Waals surface area contributed by atoms with E-state index in [1.165, 1.54) is 0 Å². The molecule has 1 aliphatic heterocycles. The Balaban J connectivity index is 1.77. The first kappa shape index (κ1) is 15.3. The highest BCUT2D eigenvalue weighted by Gasteiger charge is 2.24. The summed E-state index contributed by atoms with van der Waals surface area (Å²) in [7, 11) is 3.49. The summed E-state index contributed by atoms with van der Waals surface area (Å²) in [6.07, 6.45) is 4.72. The van der Waals surface area contributed by atoms with Gasteiger partial charge in [-0.05, 0) is 24.1 Å². The molecule has 0 N–H and O–H groups in total. The highest BCUT2D eigenvalue weighted by Crippen LogP contribution is 2.08. The fourth-order valence-corrected chi connectivity index (χ4v) is 2.39. The van der Waals surface area contributed by atoms with E-state index < -0.39 is 0 Å². The molecule has 0 spiro atoms. The Morgan fingerprint density at radius 2 is 1.67 bits per heavy atom. The molecule has 0 atom stereocenters. The van der Waals surface area contributed by atoms with Gasteiger partial charge in [0.15, 0.2) is 0 Å². The molecule has 114 valence electrons. The average molecular weight is 290 g/mol. The number of aryl methyl sites for hydroxylation is 1. The van der Waals surface area contributed by atoms with E-state index in [2.05, 4.69) is 4.98 Å². The van der Waals surface area contributed by atoms with Gasteiger partial charge >= 0.3 is 6.03 Å². The quantitative estimate of drug-likeness (QED) is 0.829. The smallest absolute Gasteiger partial charge is 0.319 e. The molecule has 1 fully saturated rings. The number of hydrogen-bond donors (Lipinski definition) is 0. The van der Waals surface area contributed by atoms with Gasteiger partial charge in [0.05, 0.1) is 0 Å². The van der Waals surface area contributed by atoms with Crippen LogP contribution in [0, 0.1) is 0 Å².